The summed E-state index contributed by atoms with van der Waals surface area (Å²) in [6.07, 6.45) is 1.39. The molecular formula is C13H23NO2S. The number of hydrogen-bond donors (Lipinski definition) is 1. The van der Waals surface area contributed by atoms with Gasteiger partial charge < -0.3 is 5.32 Å². The maximum absolute atomic E-state index is 12.0. The lowest BCUT2D eigenvalue weighted by molar-refractivity contribution is -0.130. The third-order valence-electron chi connectivity index (χ3n) is 3.05. The maximum atomic E-state index is 12.0. The molecule has 0 aromatic carbocycles. The van der Waals surface area contributed by atoms with E-state index in [1.165, 1.54) is 0 Å². The Kier molecular flexibility index (Phi) is 4.64. The molecule has 2 unspecified atom stereocenters. The Balaban J connectivity index is 2.55. The maximum Gasteiger partial charge on any atom is 0.225 e. The van der Waals surface area contributed by atoms with Crippen molar-refractivity contribution in [3.63, 3.8) is 0 Å². The minimum atomic E-state index is -0.397. The number of Topliss-reactive ketones (excluding diaryl/α,β-unsaturated/α-hetero) is 1. The molecule has 4 heteroatoms. The molecule has 1 heterocycles. The largest absolute Gasteiger partial charge is 0.353 e. The first kappa shape index (κ1) is 14.6. The molecule has 1 aliphatic heterocycles. The second kappa shape index (κ2) is 5.42. The Morgan fingerprint density at radius 3 is 2.53 bits per heavy atom. The van der Waals surface area contributed by atoms with Crippen LogP contribution in [0.15, 0.2) is 0 Å². The van der Waals surface area contributed by atoms with Gasteiger partial charge in [0.05, 0.1) is 5.25 Å². The van der Waals surface area contributed by atoms with Crippen LogP contribution < -0.4 is 5.32 Å². The quantitative estimate of drug-likeness (QED) is 0.841. The van der Waals surface area contributed by atoms with E-state index in [-0.39, 0.29) is 17.2 Å². The summed E-state index contributed by atoms with van der Waals surface area (Å²) < 4.78 is 0. The van der Waals surface area contributed by atoms with Gasteiger partial charge in [0.2, 0.25) is 5.91 Å². The van der Waals surface area contributed by atoms with E-state index >= 15 is 0 Å². The lowest BCUT2D eigenvalue weighted by Crippen LogP contribution is -2.41. The van der Waals surface area contributed by atoms with Crippen LogP contribution in [0.5, 0.6) is 0 Å². The van der Waals surface area contributed by atoms with Gasteiger partial charge in [-0.25, -0.2) is 0 Å². The molecule has 0 aromatic rings. The number of hydrogen-bond acceptors (Lipinski definition) is 3. The van der Waals surface area contributed by atoms with E-state index in [0.717, 1.165) is 6.42 Å². The molecule has 1 aliphatic rings. The predicted molar refractivity (Wildman–Crippen MR) is 72.1 cm³/mol. The molecule has 0 bridgehead atoms. The van der Waals surface area contributed by atoms with Gasteiger partial charge in [-0.05, 0) is 27.2 Å². The smallest absolute Gasteiger partial charge is 0.225 e. The van der Waals surface area contributed by atoms with Gasteiger partial charge in [-0.1, -0.05) is 13.8 Å². The number of carbonyl (C=O) groups excluding carboxylic acids is 2. The second-order valence-electron chi connectivity index (χ2n) is 5.79. The fourth-order valence-corrected chi connectivity index (χ4v) is 3.64. The van der Waals surface area contributed by atoms with Gasteiger partial charge in [0.15, 0.2) is 0 Å². The average molecular weight is 257 g/mol. The number of amides is 1. The van der Waals surface area contributed by atoms with Crippen LogP contribution in [-0.4, -0.2) is 28.2 Å². The van der Waals surface area contributed by atoms with E-state index in [0.29, 0.717) is 17.5 Å². The molecule has 1 N–H and O–H groups in total. The first-order chi connectivity index (χ1) is 7.72. The molecule has 1 amide bonds. The van der Waals surface area contributed by atoms with Crippen LogP contribution in [0.1, 0.15) is 47.5 Å². The Labute approximate surface area is 108 Å². The summed E-state index contributed by atoms with van der Waals surface area (Å²) in [4.78, 5) is 23.5. The summed E-state index contributed by atoms with van der Waals surface area (Å²) in [6.45, 7) is 9.79. The van der Waals surface area contributed by atoms with Crippen molar-refractivity contribution in [2.75, 3.05) is 0 Å². The number of thioether (sulfide) groups is 1. The normalized spacial score (nSPS) is 25.4. The molecular weight excluding hydrogens is 234 g/mol. The van der Waals surface area contributed by atoms with E-state index in [4.69, 9.17) is 0 Å². The van der Waals surface area contributed by atoms with Crippen molar-refractivity contribution in [2.24, 2.45) is 5.41 Å². The molecule has 98 valence electrons. The topological polar surface area (TPSA) is 46.2 Å². The molecule has 0 radical (unpaired) electrons. The van der Waals surface area contributed by atoms with Crippen molar-refractivity contribution in [1.82, 2.24) is 5.32 Å². The summed E-state index contributed by atoms with van der Waals surface area (Å²) in [6, 6.07) is 0.165. The van der Waals surface area contributed by atoms with Crippen molar-refractivity contribution in [3.05, 3.63) is 0 Å². The van der Waals surface area contributed by atoms with Gasteiger partial charge >= 0.3 is 0 Å². The third kappa shape index (κ3) is 4.02. The lowest BCUT2D eigenvalue weighted by Gasteiger charge is -2.27. The standard InChI is InChI=1S/C13H23NO2S/c1-8(2)14-12(16)13(4,5)7-10-6-11(15)9(3)17-10/h8-10H,6-7H2,1-5H3,(H,14,16). The van der Waals surface area contributed by atoms with Crippen LogP contribution in [0.2, 0.25) is 0 Å². The first-order valence-electron chi connectivity index (χ1n) is 6.21. The van der Waals surface area contributed by atoms with E-state index in [1.807, 2.05) is 34.6 Å². The average Bonchev–Trinajstić information content (AvgIpc) is 2.43. The molecule has 0 saturated carbocycles. The second-order valence-corrected chi connectivity index (χ2v) is 7.43. The Morgan fingerprint density at radius 1 is 1.53 bits per heavy atom. The minimum absolute atomic E-state index is 0.0834. The zero-order valence-corrected chi connectivity index (χ0v) is 12.2. The molecule has 0 spiro atoms. The van der Waals surface area contributed by atoms with Gasteiger partial charge in [0.1, 0.15) is 5.78 Å². The molecule has 2 atom stereocenters. The van der Waals surface area contributed by atoms with Crippen molar-refractivity contribution >= 4 is 23.5 Å². The SMILES string of the molecule is CC(C)NC(=O)C(C)(C)CC1CC(=O)C(C)S1. The fourth-order valence-electron chi connectivity index (χ4n) is 2.04. The van der Waals surface area contributed by atoms with Gasteiger partial charge in [0, 0.05) is 23.1 Å². The van der Waals surface area contributed by atoms with E-state index < -0.39 is 5.41 Å². The number of carbonyl (C=O) groups is 2. The van der Waals surface area contributed by atoms with E-state index in [9.17, 15) is 9.59 Å². The Morgan fingerprint density at radius 2 is 2.12 bits per heavy atom. The summed E-state index contributed by atoms with van der Waals surface area (Å²) in [5.41, 5.74) is -0.397. The fraction of sp³-hybridized carbons (Fsp3) is 0.846. The highest BCUT2D eigenvalue weighted by Gasteiger charge is 2.37. The highest BCUT2D eigenvalue weighted by molar-refractivity contribution is 8.01. The van der Waals surface area contributed by atoms with Crippen LogP contribution in [0.4, 0.5) is 0 Å². The van der Waals surface area contributed by atoms with Crippen LogP contribution in [0, 0.1) is 5.41 Å². The molecule has 0 aromatic heterocycles. The first-order valence-corrected chi connectivity index (χ1v) is 7.16. The highest BCUT2D eigenvalue weighted by atomic mass is 32.2. The lowest BCUT2D eigenvalue weighted by atomic mass is 9.85. The zero-order chi connectivity index (χ0) is 13.2. The molecule has 0 aliphatic carbocycles. The van der Waals surface area contributed by atoms with E-state index in [1.54, 1.807) is 11.8 Å². The minimum Gasteiger partial charge on any atom is -0.353 e. The number of ketones is 1. The Bertz CT molecular complexity index is 313. The van der Waals surface area contributed by atoms with Gasteiger partial charge in [0.25, 0.3) is 0 Å². The summed E-state index contributed by atoms with van der Waals surface area (Å²) in [5, 5.41) is 3.34. The molecule has 3 nitrogen and oxygen atoms in total. The van der Waals surface area contributed by atoms with Crippen LogP contribution in [0.25, 0.3) is 0 Å². The number of nitrogens with one attached hydrogen (secondary N) is 1. The van der Waals surface area contributed by atoms with E-state index in [2.05, 4.69) is 5.32 Å². The summed E-state index contributed by atoms with van der Waals surface area (Å²) in [5.74, 6) is 0.403. The molecule has 1 saturated heterocycles. The van der Waals surface area contributed by atoms with Crippen molar-refractivity contribution in [2.45, 2.75) is 64.0 Å². The van der Waals surface area contributed by atoms with Gasteiger partial charge in [-0.15, -0.1) is 11.8 Å². The molecule has 1 fully saturated rings. The van der Waals surface area contributed by atoms with Crippen LogP contribution >= 0.6 is 11.8 Å². The van der Waals surface area contributed by atoms with Crippen LogP contribution in [-0.2, 0) is 9.59 Å². The zero-order valence-electron chi connectivity index (χ0n) is 11.4. The van der Waals surface area contributed by atoms with Crippen molar-refractivity contribution in [1.29, 1.82) is 0 Å². The monoisotopic (exact) mass is 257 g/mol. The van der Waals surface area contributed by atoms with Gasteiger partial charge in [-0.2, -0.15) is 0 Å². The Hall–Kier alpha value is -0.510. The van der Waals surface area contributed by atoms with Crippen molar-refractivity contribution < 1.29 is 9.59 Å². The molecule has 1 rings (SSSR count). The third-order valence-corrected chi connectivity index (χ3v) is 4.44. The predicted octanol–water partition coefficient (Wildman–Crippen LogP) is 2.39. The highest BCUT2D eigenvalue weighted by Crippen LogP contribution is 2.38. The summed E-state index contributed by atoms with van der Waals surface area (Å²) in [7, 11) is 0. The summed E-state index contributed by atoms with van der Waals surface area (Å²) >= 11 is 1.71. The number of rotatable bonds is 4. The van der Waals surface area contributed by atoms with Gasteiger partial charge in [-0.3, -0.25) is 9.59 Å². The molecule has 17 heavy (non-hydrogen) atoms. The van der Waals surface area contributed by atoms with Crippen LogP contribution in [0.3, 0.4) is 0 Å². The van der Waals surface area contributed by atoms with Crippen molar-refractivity contribution in [3.8, 4) is 0 Å².